The Bertz CT molecular complexity index is 1070. The summed E-state index contributed by atoms with van der Waals surface area (Å²) in [4.78, 5) is 5.08. The third-order valence-corrected chi connectivity index (χ3v) is 5.29. The van der Waals surface area contributed by atoms with Gasteiger partial charge >= 0.3 is 0 Å². The maximum atomic E-state index is 5.64. The first kappa shape index (κ1) is 15.9. The number of rotatable bonds is 3. The summed E-state index contributed by atoms with van der Waals surface area (Å²) in [6.07, 6.45) is 7.34. The zero-order valence-corrected chi connectivity index (χ0v) is 15.0. The third-order valence-electron chi connectivity index (χ3n) is 4.28. The molecule has 0 bridgehead atoms. The quantitative estimate of drug-likeness (QED) is 0.575. The SMILES string of the molecule is C1=C(c2ccco2)Sc2nnc(-c3ccncc3)n2NC1c1ccccc1. The third kappa shape index (κ3) is 3.02. The van der Waals surface area contributed by atoms with Crippen molar-refractivity contribution in [2.24, 2.45) is 0 Å². The normalized spacial score (nSPS) is 16.1. The Morgan fingerprint density at radius 1 is 0.963 bits per heavy atom. The summed E-state index contributed by atoms with van der Waals surface area (Å²) in [5, 5.41) is 9.54. The van der Waals surface area contributed by atoms with E-state index in [4.69, 9.17) is 4.42 Å². The van der Waals surface area contributed by atoms with Crippen LogP contribution >= 0.6 is 11.8 Å². The lowest BCUT2D eigenvalue weighted by atomic mass is 10.1. The van der Waals surface area contributed by atoms with Crippen LogP contribution in [0.25, 0.3) is 16.3 Å². The van der Waals surface area contributed by atoms with Gasteiger partial charge in [-0.05, 0) is 47.7 Å². The minimum absolute atomic E-state index is 0.0587. The number of fused-ring (bicyclic) bond motifs is 1. The zero-order chi connectivity index (χ0) is 18.1. The van der Waals surface area contributed by atoms with E-state index in [1.54, 1.807) is 18.7 Å². The predicted octanol–water partition coefficient (Wildman–Crippen LogP) is 4.36. The van der Waals surface area contributed by atoms with Crippen LogP contribution in [0.1, 0.15) is 17.4 Å². The Labute approximate surface area is 159 Å². The van der Waals surface area contributed by atoms with E-state index >= 15 is 0 Å². The molecule has 132 valence electrons. The first-order chi connectivity index (χ1) is 13.4. The van der Waals surface area contributed by atoms with Crippen LogP contribution in [0, 0.1) is 0 Å². The van der Waals surface area contributed by atoms with Gasteiger partial charge in [0.1, 0.15) is 5.76 Å². The highest BCUT2D eigenvalue weighted by Crippen LogP contribution is 2.39. The molecule has 0 saturated heterocycles. The van der Waals surface area contributed by atoms with Gasteiger partial charge in [0.2, 0.25) is 5.16 Å². The summed E-state index contributed by atoms with van der Waals surface area (Å²) in [5.74, 6) is 1.56. The molecule has 1 aliphatic rings. The van der Waals surface area contributed by atoms with E-state index in [1.807, 2.05) is 47.1 Å². The molecule has 1 N–H and O–H groups in total. The highest BCUT2D eigenvalue weighted by Gasteiger charge is 2.24. The lowest BCUT2D eigenvalue weighted by Gasteiger charge is -2.18. The van der Waals surface area contributed by atoms with Gasteiger partial charge in [0.25, 0.3) is 0 Å². The Kier molecular flexibility index (Phi) is 3.99. The average molecular weight is 373 g/mol. The highest BCUT2D eigenvalue weighted by atomic mass is 32.2. The van der Waals surface area contributed by atoms with E-state index in [9.17, 15) is 0 Å². The molecular formula is C20H15N5OS. The maximum absolute atomic E-state index is 5.64. The monoisotopic (exact) mass is 373 g/mol. The van der Waals surface area contributed by atoms with Crippen LogP contribution in [0.4, 0.5) is 0 Å². The molecule has 7 heteroatoms. The molecular weight excluding hydrogens is 358 g/mol. The highest BCUT2D eigenvalue weighted by molar-refractivity contribution is 8.08. The van der Waals surface area contributed by atoms with Crippen LogP contribution < -0.4 is 5.43 Å². The number of benzene rings is 1. The van der Waals surface area contributed by atoms with Gasteiger partial charge in [0.15, 0.2) is 5.82 Å². The largest absolute Gasteiger partial charge is 0.464 e. The molecule has 1 aromatic carbocycles. The first-order valence-corrected chi connectivity index (χ1v) is 9.31. The van der Waals surface area contributed by atoms with E-state index in [-0.39, 0.29) is 6.04 Å². The van der Waals surface area contributed by atoms with Crippen molar-refractivity contribution in [1.29, 1.82) is 0 Å². The molecule has 0 amide bonds. The van der Waals surface area contributed by atoms with Gasteiger partial charge < -0.3 is 9.84 Å². The summed E-state index contributed by atoms with van der Waals surface area (Å²) < 4.78 is 7.57. The Morgan fingerprint density at radius 3 is 2.59 bits per heavy atom. The number of hydrogen-bond donors (Lipinski definition) is 1. The van der Waals surface area contributed by atoms with Crippen molar-refractivity contribution in [3.63, 3.8) is 0 Å². The van der Waals surface area contributed by atoms with Gasteiger partial charge in [-0.2, -0.15) is 0 Å². The summed E-state index contributed by atoms with van der Waals surface area (Å²) in [7, 11) is 0. The molecule has 0 aliphatic carbocycles. The van der Waals surface area contributed by atoms with Gasteiger partial charge in [0, 0.05) is 18.0 Å². The number of pyridine rings is 1. The van der Waals surface area contributed by atoms with E-state index in [0.717, 1.165) is 32.8 Å². The number of nitrogens with one attached hydrogen (secondary N) is 1. The molecule has 0 radical (unpaired) electrons. The molecule has 1 aliphatic heterocycles. The first-order valence-electron chi connectivity index (χ1n) is 8.49. The topological polar surface area (TPSA) is 68.8 Å². The fraction of sp³-hybridized carbons (Fsp3) is 0.0500. The Balaban J connectivity index is 1.63. The van der Waals surface area contributed by atoms with Crippen LogP contribution in [0.3, 0.4) is 0 Å². The van der Waals surface area contributed by atoms with Gasteiger partial charge in [-0.1, -0.05) is 30.3 Å². The van der Waals surface area contributed by atoms with E-state index in [2.05, 4.69) is 38.8 Å². The van der Waals surface area contributed by atoms with Gasteiger partial charge in [-0.25, -0.2) is 4.68 Å². The van der Waals surface area contributed by atoms with Crippen molar-refractivity contribution in [3.8, 4) is 11.4 Å². The lowest BCUT2D eigenvalue weighted by molar-refractivity contribution is 0.555. The van der Waals surface area contributed by atoms with Crippen LogP contribution in [-0.4, -0.2) is 19.9 Å². The number of aromatic nitrogens is 4. The number of hydrogen-bond acceptors (Lipinski definition) is 6. The molecule has 4 aromatic rings. The van der Waals surface area contributed by atoms with Crippen molar-refractivity contribution < 1.29 is 4.42 Å². The zero-order valence-electron chi connectivity index (χ0n) is 14.2. The summed E-state index contributed by atoms with van der Waals surface area (Å²) in [6, 6.07) is 17.9. The molecule has 6 nitrogen and oxygen atoms in total. The average Bonchev–Trinajstić information content (AvgIpc) is 3.35. The molecule has 1 unspecified atom stereocenters. The summed E-state index contributed by atoms with van der Waals surface area (Å²) >= 11 is 1.53. The molecule has 0 spiro atoms. The Morgan fingerprint density at radius 2 is 1.81 bits per heavy atom. The summed E-state index contributed by atoms with van der Waals surface area (Å²) in [5.41, 5.74) is 5.64. The molecule has 5 rings (SSSR count). The fourth-order valence-electron chi connectivity index (χ4n) is 2.98. The standard InChI is InChI=1S/C20H15N5OS/c1-2-5-14(6-3-1)16-13-18(17-7-4-12-26-17)27-20-23-22-19(25(20)24-16)15-8-10-21-11-9-15/h1-13,16,24H. The van der Waals surface area contributed by atoms with E-state index in [1.165, 1.54) is 11.8 Å². The van der Waals surface area contributed by atoms with Crippen molar-refractivity contribution in [1.82, 2.24) is 19.9 Å². The number of thioether (sulfide) groups is 1. The molecule has 4 heterocycles. The number of nitrogens with zero attached hydrogens (tertiary/aromatic N) is 4. The molecule has 1 atom stereocenters. The lowest BCUT2D eigenvalue weighted by Crippen LogP contribution is -2.20. The Hall–Kier alpha value is -3.32. The van der Waals surface area contributed by atoms with Gasteiger partial charge in [0.05, 0.1) is 17.2 Å². The smallest absolute Gasteiger partial charge is 0.215 e. The van der Waals surface area contributed by atoms with Crippen LogP contribution in [0.2, 0.25) is 0 Å². The van der Waals surface area contributed by atoms with E-state index in [0.29, 0.717) is 0 Å². The molecule has 0 fully saturated rings. The summed E-state index contributed by atoms with van der Waals surface area (Å²) in [6.45, 7) is 0. The van der Waals surface area contributed by atoms with E-state index < -0.39 is 0 Å². The fourth-order valence-corrected chi connectivity index (χ4v) is 3.91. The number of furan rings is 1. The van der Waals surface area contributed by atoms with Crippen molar-refractivity contribution in [2.75, 3.05) is 5.43 Å². The maximum Gasteiger partial charge on any atom is 0.215 e. The minimum Gasteiger partial charge on any atom is -0.464 e. The van der Waals surface area contributed by atoms with Gasteiger partial charge in [-0.15, -0.1) is 10.2 Å². The molecule has 27 heavy (non-hydrogen) atoms. The molecule has 0 saturated carbocycles. The minimum atomic E-state index is -0.0587. The second-order valence-corrected chi connectivity index (χ2v) is 7.01. The van der Waals surface area contributed by atoms with Crippen LogP contribution in [0.5, 0.6) is 0 Å². The molecule has 3 aromatic heterocycles. The van der Waals surface area contributed by atoms with Crippen molar-refractivity contribution in [2.45, 2.75) is 11.2 Å². The van der Waals surface area contributed by atoms with Crippen LogP contribution in [0.15, 0.2) is 88.9 Å². The van der Waals surface area contributed by atoms with Crippen LogP contribution in [-0.2, 0) is 0 Å². The second kappa shape index (κ2) is 6.77. The van der Waals surface area contributed by atoms with Crippen molar-refractivity contribution in [3.05, 3.63) is 90.7 Å². The second-order valence-electron chi connectivity index (χ2n) is 6.01. The van der Waals surface area contributed by atoms with Gasteiger partial charge in [-0.3, -0.25) is 4.98 Å². The predicted molar refractivity (Wildman–Crippen MR) is 104 cm³/mol. The van der Waals surface area contributed by atoms with Crippen molar-refractivity contribution >= 4 is 16.7 Å².